The van der Waals surface area contributed by atoms with Gasteiger partial charge in [-0.05, 0) is 85.0 Å². The molecule has 1 spiro atoms. The fraction of sp³-hybridized carbons (Fsp3) is 0.226. The van der Waals surface area contributed by atoms with E-state index in [0.717, 1.165) is 59.1 Å². The van der Waals surface area contributed by atoms with Crippen LogP contribution in [0, 0.1) is 13.8 Å². The molecule has 0 saturated heterocycles. The summed E-state index contributed by atoms with van der Waals surface area (Å²) in [6.07, 6.45) is 3.70. The van der Waals surface area contributed by atoms with Crippen molar-refractivity contribution in [2.75, 3.05) is 0 Å². The van der Waals surface area contributed by atoms with Gasteiger partial charge in [-0.15, -0.1) is 0 Å². The molecule has 0 radical (unpaired) electrons. The smallest absolute Gasteiger partial charge is 0.127 e. The highest BCUT2D eigenvalue weighted by atomic mass is 16.3. The second kappa shape index (κ2) is 7.25. The van der Waals surface area contributed by atoms with E-state index in [1.165, 1.54) is 22.3 Å². The molecule has 6 rings (SSSR count). The van der Waals surface area contributed by atoms with Crippen molar-refractivity contribution in [2.24, 2.45) is 0 Å². The minimum absolute atomic E-state index is 0.343. The SMILES string of the molecule is Cc1cc(-c2ccccc2)c(O)c2c1CCC21CCc2c(C)cc(-c3ccccc3)c(O)c21. The lowest BCUT2D eigenvalue weighted by molar-refractivity contribution is 0.418. The van der Waals surface area contributed by atoms with Crippen molar-refractivity contribution in [1.29, 1.82) is 0 Å². The van der Waals surface area contributed by atoms with Crippen molar-refractivity contribution in [2.45, 2.75) is 44.9 Å². The number of phenolic OH excluding ortho intramolecular Hbond substituents is 2. The number of aryl methyl sites for hydroxylation is 2. The minimum atomic E-state index is -0.343. The molecule has 2 aliphatic carbocycles. The van der Waals surface area contributed by atoms with Crippen molar-refractivity contribution in [1.82, 2.24) is 0 Å². The van der Waals surface area contributed by atoms with Crippen LogP contribution in [0.1, 0.15) is 46.2 Å². The van der Waals surface area contributed by atoms with Gasteiger partial charge in [-0.25, -0.2) is 0 Å². The van der Waals surface area contributed by atoms with Gasteiger partial charge in [0.05, 0.1) is 0 Å². The zero-order chi connectivity index (χ0) is 22.7. The first-order valence-electron chi connectivity index (χ1n) is 11.8. The van der Waals surface area contributed by atoms with Gasteiger partial charge in [-0.2, -0.15) is 0 Å². The zero-order valence-corrected chi connectivity index (χ0v) is 19.2. The van der Waals surface area contributed by atoms with Crippen molar-refractivity contribution in [3.05, 3.63) is 106 Å². The summed E-state index contributed by atoms with van der Waals surface area (Å²) in [5.41, 5.74) is 10.5. The normalized spacial score (nSPS) is 15.6. The molecule has 0 fully saturated rings. The standard InChI is InChI=1S/C31H28O2/c1-19-17-25(21-9-5-3-6-10-21)29(32)27-23(19)13-15-31(27)16-14-24-20(2)18-26(30(33)28(24)31)22-11-7-4-8-12-22/h3-12,17-18,32-33H,13-16H2,1-2H3. The van der Waals surface area contributed by atoms with Gasteiger partial charge in [0.15, 0.2) is 0 Å². The first kappa shape index (κ1) is 20.1. The molecule has 0 unspecified atom stereocenters. The van der Waals surface area contributed by atoms with Gasteiger partial charge in [-0.1, -0.05) is 60.7 Å². The van der Waals surface area contributed by atoms with E-state index >= 15 is 0 Å². The molecule has 2 nitrogen and oxygen atoms in total. The molecule has 164 valence electrons. The molecule has 2 heteroatoms. The number of phenols is 2. The van der Waals surface area contributed by atoms with Gasteiger partial charge in [-0.3, -0.25) is 0 Å². The molecule has 0 heterocycles. The molecule has 0 saturated carbocycles. The van der Waals surface area contributed by atoms with Gasteiger partial charge < -0.3 is 10.2 Å². The van der Waals surface area contributed by atoms with Gasteiger partial charge >= 0.3 is 0 Å². The number of hydrogen-bond acceptors (Lipinski definition) is 2. The van der Waals surface area contributed by atoms with Crippen LogP contribution < -0.4 is 0 Å². The molecule has 0 bridgehead atoms. The average molecular weight is 433 g/mol. The van der Waals surface area contributed by atoms with Crippen LogP contribution in [0.3, 0.4) is 0 Å². The summed E-state index contributed by atoms with van der Waals surface area (Å²) in [7, 11) is 0. The van der Waals surface area contributed by atoms with E-state index in [9.17, 15) is 10.2 Å². The predicted octanol–water partition coefficient (Wildman–Crippen LogP) is 7.23. The summed E-state index contributed by atoms with van der Waals surface area (Å²) in [6, 6.07) is 24.5. The molecular formula is C31H28O2. The lowest BCUT2D eigenvalue weighted by atomic mass is 9.73. The highest BCUT2D eigenvalue weighted by Crippen LogP contribution is 2.60. The number of fused-ring (bicyclic) bond motifs is 4. The highest BCUT2D eigenvalue weighted by molar-refractivity contribution is 5.81. The first-order valence-corrected chi connectivity index (χ1v) is 11.8. The van der Waals surface area contributed by atoms with Crippen molar-refractivity contribution in [3.8, 4) is 33.8 Å². The molecule has 0 aromatic heterocycles. The first-order chi connectivity index (χ1) is 16.0. The lowest BCUT2D eigenvalue weighted by Gasteiger charge is -2.30. The Kier molecular flexibility index (Phi) is 4.42. The second-order valence-corrected chi connectivity index (χ2v) is 9.70. The van der Waals surface area contributed by atoms with Crippen LogP contribution in [0.25, 0.3) is 22.3 Å². The van der Waals surface area contributed by atoms with Crippen LogP contribution in [-0.4, -0.2) is 10.2 Å². The summed E-state index contributed by atoms with van der Waals surface area (Å²) in [6.45, 7) is 4.32. The average Bonchev–Trinajstić information content (AvgIpc) is 3.43. The van der Waals surface area contributed by atoms with Gasteiger partial charge in [0.25, 0.3) is 0 Å². The van der Waals surface area contributed by atoms with Crippen molar-refractivity contribution >= 4 is 0 Å². The van der Waals surface area contributed by atoms with Gasteiger partial charge in [0.2, 0.25) is 0 Å². The maximum absolute atomic E-state index is 11.7. The molecular weight excluding hydrogens is 404 g/mol. The van der Waals surface area contributed by atoms with E-state index in [1.54, 1.807) is 0 Å². The quantitative estimate of drug-likeness (QED) is 0.351. The predicted molar refractivity (Wildman–Crippen MR) is 134 cm³/mol. The summed E-state index contributed by atoms with van der Waals surface area (Å²) >= 11 is 0. The number of rotatable bonds is 2. The van der Waals surface area contributed by atoms with E-state index < -0.39 is 0 Å². The molecule has 2 N–H and O–H groups in total. The van der Waals surface area contributed by atoms with Gasteiger partial charge in [0, 0.05) is 27.7 Å². The Bertz CT molecular complexity index is 1280. The Morgan fingerprint density at radius 2 is 1.00 bits per heavy atom. The fourth-order valence-electron chi connectivity index (χ4n) is 6.47. The van der Waals surface area contributed by atoms with Crippen LogP contribution in [-0.2, 0) is 18.3 Å². The minimum Gasteiger partial charge on any atom is -0.507 e. The number of benzene rings is 4. The van der Waals surface area contributed by atoms with E-state index in [2.05, 4.69) is 50.2 Å². The van der Waals surface area contributed by atoms with Crippen LogP contribution in [0.5, 0.6) is 11.5 Å². The number of hydrogen-bond donors (Lipinski definition) is 2. The maximum Gasteiger partial charge on any atom is 0.127 e. The monoisotopic (exact) mass is 432 g/mol. The molecule has 0 aliphatic heterocycles. The number of aromatic hydroxyl groups is 2. The van der Waals surface area contributed by atoms with Crippen molar-refractivity contribution < 1.29 is 10.2 Å². The van der Waals surface area contributed by atoms with E-state index in [-0.39, 0.29) is 5.41 Å². The van der Waals surface area contributed by atoms with Crippen LogP contribution >= 0.6 is 0 Å². The summed E-state index contributed by atoms with van der Waals surface area (Å²) in [5.74, 6) is 0.767. The second-order valence-electron chi connectivity index (χ2n) is 9.70. The van der Waals surface area contributed by atoms with Crippen molar-refractivity contribution in [3.63, 3.8) is 0 Å². The molecule has 4 aromatic carbocycles. The molecule has 4 aromatic rings. The van der Waals surface area contributed by atoms with E-state index in [1.807, 2.05) is 36.4 Å². The lowest BCUT2D eigenvalue weighted by Crippen LogP contribution is -2.22. The van der Waals surface area contributed by atoms with Crippen LogP contribution in [0.15, 0.2) is 72.8 Å². The topological polar surface area (TPSA) is 40.5 Å². The van der Waals surface area contributed by atoms with E-state index in [0.29, 0.717) is 11.5 Å². The maximum atomic E-state index is 11.7. The molecule has 33 heavy (non-hydrogen) atoms. The zero-order valence-electron chi connectivity index (χ0n) is 19.2. The molecule has 0 amide bonds. The largest absolute Gasteiger partial charge is 0.507 e. The Balaban J connectivity index is 1.63. The van der Waals surface area contributed by atoms with E-state index in [4.69, 9.17) is 0 Å². The summed E-state index contributed by atoms with van der Waals surface area (Å²) in [4.78, 5) is 0. The third kappa shape index (κ3) is 2.80. The van der Waals surface area contributed by atoms with Crippen LogP contribution in [0.2, 0.25) is 0 Å². The summed E-state index contributed by atoms with van der Waals surface area (Å²) < 4.78 is 0. The van der Waals surface area contributed by atoms with Crippen LogP contribution in [0.4, 0.5) is 0 Å². The molecule has 2 aliphatic rings. The Labute approximate surface area is 195 Å². The Hall–Kier alpha value is -3.52. The van der Waals surface area contributed by atoms with Gasteiger partial charge in [0.1, 0.15) is 11.5 Å². The Morgan fingerprint density at radius 1 is 0.606 bits per heavy atom. The third-order valence-corrected chi connectivity index (χ3v) is 7.99. The Morgan fingerprint density at radius 3 is 1.39 bits per heavy atom. The highest BCUT2D eigenvalue weighted by Gasteiger charge is 2.50. The summed E-state index contributed by atoms with van der Waals surface area (Å²) in [5, 5.41) is 23.4. The molecule has 0 atom stereocenters. The fourth-order valence-corrected chi connectivity index (χ4v) is 6.47. The third-order valence-electron chi connectivity index (χ3n) is 7.99.